The molecule has 8 nitrogen and oxygen atoms in total. The number of fused-ring (bicyclic) bond motifs is 1. The number of hydrogen-bond donors (Lipinski definition) is 3. The second kappa shape index (κ2) is 9.17. The average molecular weight is 400 g/mol. The van der Waals surface area contributed by atoms with Gasteiger partial charge in [-0.3, -0.25) is 14.4 Å². The summed E-state index contributed by atoms with van der Waals surface area (Å²) < 4.78 is 1.16. The van der Waals surface area contributed by atoms with Crippen molar-refractivity contribution in [2.24, 2.45) is 5.92 Å². The minimum atomic E-state index is -0.798. The van der Waals surface area contributed by atoms with Gasteiger partial charge >= 0.3 is 0 Å². The van der Waals surface area contributed by atoms with Crippen LogP contribution in [-0.2, 0) is 16.1 Å². The van der Waals surface area contributed by atoms with Gasteiger partial charge in [-0.2, -0.15) is 5.10 Å². The van der Waals surface area contributed by atoms with Gasteiger partial charge in [0.25, 0.3) is 5.56 Å². The highest BCUT2D eigenvalue weighted by Gasteiger charge is 2.33. The molecule has 1 saturated carbocycles. The van der Waals surface area contributed by atoms with Crippen molar-refractivity contribution in [2.45, 2.75) is 58.2 Å². The number of aryl methyl sites for hydroxylation is 1. The first-order valence-corrected chi connectivity index (χ1v) is 10.1. The van der Waals surface area contributed by atoms with Crippen LogP contribution in [0.2, 0.25) is 0 Å². The molecule has 3 rings (SSSR count). The third-order valence-corrected chi connectivity index (χ3v) is 5.43. The molecule has 0 radical (unpaired) electrons. The molecule has 0 unspecified atom stereocenters. The Bertz CT molecular complexity index is 955. The number of rotatable bonds is 6. The van der Waals surface area contributed by atoms with Gasteiger partial charge in [-0.1, -0.05) is 25.1 Å². The predicted molar refractivity (Wildman–Crippen MR) is 109 cm³/mol. The largest absolute Gasteiger partial charge is 0.391 e. The highest BCUT2D eigenvalue weighted by atomic mass is 16.3. The molecule has 3 atom stereocenters. The molecule has 1 aliphatic rings. The lowest BCUT2D eigenvalue weighted by molar-refractivity contribution is -0.128. The van der Waals surface area contributed by atoms with E-state index < -0.39 is 12.1 Å². The maximum absolute atomic E-state index is 12.6. The van der Waals surface area contributed by atoms with Gasteiger partial charge in [-0.25, -0.2) is 4.68 Å². The number of benzene rings is 1. The topological polar surface area (TPSA) is 113 Å². The van der Waals surface area contributed by atoms with Gasteiger partial charge < -0.3 is 15.7 Å². The van der Waals surface area contributed by atoms with E-state index in [1.54, 1.807) is 19.1 Å². The van der Waals surface area contributed by atoms with Crippen molar-refractivity contribution >= 4 is 22.6 Å². The summed E-state index contributed by atoms with van der Waals surface area (Å²) in [5, 5.41) is 21.6. The lowest BCUT2D eigenvalue weighted by Gasteiger charge is -2.33. The Hall–Kier alpha value is -2.74. The van der Waals surface area contributed by atoms with Crippen molar-refractivity contribution in [1.82, 2.24) is 20.4 Å². The fourth-order valence-corrected chi connectivity index (χ4v) is 3.85. The van der Waals surface area contributed by atoms with Gasteiger partial charge in [0.2, 0.25) is 11.8 Å². The Morgan fingerprint density at radius 3 is 2.66 bits per heavy atom. The number of nitrogens with one attached hydrogen (secondary N) is 2. The number of carbonyl (C=O) groups is 2. The normalized spacial score (nSPS) is 21.7. The van der Waals surface area contributed by atoms with Crippen LogP contribution < -0.4 is 16.2 Å². The molecule has 0 aliphatic heterocycles. The number of aliphatic hydroxyl groups excluding tert-OH is 1. The summed E-state index contributed by atoms with van der Waals surface area (Å²) >= 11 is 0. The molecule has 0 bridgehead atoms. The summed E-state index contributed by atoms with van der Waals surface area (Å²) in [5.74, 6) is -0.664. The summed E-state index contributed by atoms with van der Waals surface area (Å²) in [7, 11) is 0. The fourth-order valence-electron chi connectivity index (χ4n) is 3.85. The minimum Gasteiger partial charge on any atom is -0.391 e. The second-order valence-electron chi connectivity index (χ2n) is 7.64. The van der Waals surface area contributed by atoms with Gasteiger partial charge in [-0.15, -0.1) is 0 Å². The van der Waals surface area contributed by atoms with Gasteiger partial charge in [0.15, 0.2) is 0 Å². The molecule has 1 aromatic carbocycles. The summed E-state index contributed by atoms with van der Waals surface area (Å²) in [4.78, 5) is 37.2. The lowest BCUT2D eigenvalue weighted by atomic mass is 9.83. The van der Waals surface area contributed by atoms with Crippen molar-refractivity contribution in [3.63, 3.8) is 0 Å². The molecule has 1 fully saturated rings. The highest BCUT2D eigenvalue weighted by molar-refractivity contribution is 5.84. The van der Waals surface area contributed by atoms with Crippen LogP contribution in [0.3, 0.4) is 0 Å². The average Bonchev–Trinajstić information content (AvgIpc) is 2.71. The molecule has 8 heteroatoms. The number of nitrogens with zero attached hydrogens (tertiary/aromatic N) is 2. The lowest BCUT2D eigenvalue weighted by Crippen LogP contribution is -2.50. The standard InChI is InChI=1S/C21H28N4O4/c1-3-10-22-20(28)14-8-9-17(18(26)11-14)23-19(27)12-25-21(29)16-7-5-4-6-15(16)13(2)24-25/h4-7,14,17-18,26H,3,8-12H2,1-2H3,(H,22,28)(H,23,27)/t14-,17+,18+/m0/s1. The fraction of sp³-hybridized carbons (Fsp3) is 0.524. The summed E-state index contributed by atoms with van der Waals surface area (Å²) in [6.07, 6.45) is 1.49. The monoisotopic (exact) mass is 400 g/mol. The molecular formula is C21H28N4O4. The Balaban J connectivity index is 1.62. The molecule has 156 valence electrons. The van der Waals surface area contributed by atoms with E-state index in [1.165, 1.54) is 0 Å². The smallest absolute Gasteiger partial charge is 0.275 e. The van der Waals surface area contributed by atoms with Crippen molar-refractivity contribution in [3.05, 3.63) is 40.3 Å². The zero-order chi connectivity index (χ0) is 21.0. The van der Waals surface area contributed by atoms with Crippen molar-refractivity contribution in [1.29, 1.82) is 0 Å². The van der Waals surface area contributed by atoms with E-state index in [-0.39, 0.29) is 29.8 Å². The first-order valence-electron chi connectivity index (χ1n) is 10.1. The third-order valence-electron chi connectivity index (χ3n) is 5.43. The second-order valence-corrected chi connectivity index (χ2v) is 7.64. The summed E-state index contributed by atoms with van der Waals surface area (Å²) in [6.45, 7) is 4.19. The molecule has 29 heavy (non-hydrogen) atoms. The van der Waals surface area contributed by atoms with E-state index in [4.69, 9.17) is 0 Å². The molecule has 3 N–H and O–H groups in total. The van der Waals surface area contributed by atoms with E-state index in [1.807, 2.05) is 19.1 Å². The quantitative estimate of drug-likeness (QED) is 0.666. The molecular weight excluding hydrogens is 372 g/mol. The molecule has 0 spiro atoms. The molecule has 1 heterocycles. The van der Waals surface area contributed by atoms with Crippen molar-refractivity contribution < 1.29 is 14.7 Å². The van der Waals surface area contributed by atoms with Crippen LogP contribution in [0, 0.1) is 12.8 Å². The van der Waals surface area contributed by atoms with E-state index in [9.17, 15) is 19.5 Å². The Morgan fingerprint density at radius 1 is 1.24 bits per heavy atom. The van der Waals surface area contributed by atoms with Gasteiger partial charge in [0, 0.05) is 17.8 Å². The van der Waals surface area contributed by atoms with Crippen LogP contribution in [0.25, 0.3) is 10.8 Å². The van der Waals surface area contributed by atoms with Crippen LogP contribution in [0.15, 0.2) is 29.1 Å². The highest BCUT2D eigenvalue weighted by Crippen LogP contribution is 2.25. The zero-order valence-electron chi connectivity index (χ0n) is 16.9. The predicted octanol–water partition coefficient (Wildman–Crippen LogP) is 0.877. The SMILES string of the molecule is CCCNC(=O)[C@H]1CC[C@@H](NC(=O)Cn2nc(C)c3ccccc3c2=O)[C@H](O)C1. The Kier molecular flexibility index (Phi) is 6.64. The van der Waals surface area contributed by atoms with E-state index >= 15 is 0 Å². The number of carbonyl (C=O) groups excluding carboxylic acids is 2. The van der Waals surface area contributed by atoms with Gasteiger partial charge in [0.05, 0.1) is 23.2 Å². The number of aliphatic hydroxyl groups is 1. The molecule has 1 aliphatic carbocycles. The minimum absolute atomic E-state index is 0.0435. The van der Waals surface area contributed by atoms with Crippen LogP contribution in [-0.4, -0.2) is 45.4 Å². The molecule has 2 amide bonds. The van der Waals surface area contributed by atoms with Crippen LogP contribution in [0.5, 0.6) is 0 Å². The zero-order valence-corrected chi connectivity index (χ0v) is 16.9. The Labute approximate surface area is 169 Å². The number of aromatic nitrogens is 2. The van der Waals surface area contributed by atoms with Crippen LogP contribution >= 0.6 is 0 Å². The molecule has 1 aromatic heterocycles. The van der Waals surface area contributed by atoms with Crippen LogP contribution in [0.1, 0.15) is 38.3 Å². The van der Waals surface area contributed by atoms with Crippen molar-refractivity contribution in [2.75, 3.05) is 6.54 Å². The van der Waals surface area contributed by atoms with E-state index in [0.29, 0.717) is 36.9 Å². The molecule has 0 saturated heterocycles. The van der Waals surface area contributed by atoms with E-state index in [0.717, 1.165) is 16.5 Å². The summed E-state index contributed by atoms with van der Waals surface area (Å²) in [6, 6.07) is 6.73. The Morgan fingerprint density at radius 2 is 1.97 bits per heavy atom. The first-order chi connectivity index (χ1) is 13.9. The maximum atomic E-state index is 12.6. The van der Waals surface area contributed by atoms with E-state index in [2.05, 4.69) is 15.7 Å². The number of amides is 2. The summed E-state index contributed by atoms with van der Waals surface area (Å²) in [5.41, 5.74) is 0.352. The first kappa shape index (κ1) is 21.0. The van der Waals surface area contributed by atoms with Gasteiger partial charge in [0.1, 0.15) is 6.54 Å². The molecule has 2 aromatic rings. The third kappa shape index (κ3) is 4.82. The van der Waals surface area contributed by atoms with Gasteiger partial charge in [-0.05, 0) is 38.7 Å². The van der Waals surface area contributed by atoms with Crippen molar-refractivity contribution in [3.8, 4) is 0 Å². The number of hydrogen-bond acceptors (Lipinski definition) is 5. The maximum Gasteiger partial charge on any atom is 0.275 e. The van der Waals surface area contributed by atoms with Crippen LogP contribution in [0.4, 0.5) is 0 Å².